The van der Waals surface area contributed by atoms with Crippen LogP contribution in [0.5, 0.6) is 0 Å². The summed E-state index contributed by atoms with van der Waals surface area (Å²) in [5, 5.41) is 12.6. The van der Waals surface area contributed by atoms with Gasteiger partial charge in [0.25, 0.3) is 5.91 Å². The molecule has 2 aliphatic heterocycles. The number of benzene rings is 2. The van der Waals surface area contributed by atoms with Crippen molar-refractivity contribution >= 4 is 5.91 Å². The van der Waals surface area contributed by atoms with Crippen molar-refractivity contribution in [2.24, 2.45) is 0 Å². The molecular weight excluding hydrogens is 340 g/mol. The number of fused-ring (bicyclic) bond motifs is 5. The summed E-state index contributed by atoms with van der Waals surface area (Å²) in [4.78, 5) is 15.4. The van der Waals surface area contributed by atoms with Gasteiger partial charge in [0, 0.05) is 11.6 Å². The lowest BCUT2D eigenvalue weighted by molar-refractivity contribution is -0.593. The number of carbonyl (C=O) groups is 1. The van der Waals surface area contributed by atoms with Crippen LogP contribution in [0.15, 0.2) is 72.9 Å². The molecule has 0 spiro atoms. The van der Waals surface area contributed by atoms with Crippen molar-refractivity contribution in [2.45, 2.75) is 18.7 Å². The molecule has 3 aromatic rings. The van der Waals surface area contributed by atoms with Crippen molar-refractivity contribution in [2.75, 3.05) is 6.61 Å². The van der Waals surface area contributed by atoms with Gasteiger partial charge in [-0.2, -0.15) is 4.73 Å². The highest BCUT2D eigenvalue weighted by atomic mass is 16.5. The first-order valence-electron chi connectivity index (χ1n) is 8.96. The van der Waals surface area contributed by atoms with Crippen molar-refractivity contribution < 1.29 is 14.3 Å². The van der Waals surface area contributed by atoms with E-state index >= 15 is 0 Å². The molecular formula is C22H18N2O3. The molecule has 1 saturated heterocycles. The lowest BCUT2D eigenvalue weighted by Crippen LogP contribution is -2.44. The van der Waals surface area contributed by atoms with Gasteiger partial charge in [0.2, 0.25) is 5.69 Å². The zero-order valence-corrected chi connectivity index (χ0v) is 14.8. The third-order valence-corrected chi connectivity index (χ3v) is 5.57. The van der Waals surface area contributed by atoms with Crippen LogP contribution in [0.1, 0.15) is 34.5 Å². The van der Waals surface area contributed by atoms with Crippen molar-refractivity contribution in [3.63, 3.8) is 0 Å². The van der Waals surface area contributed by atoms with E-state index in [0.29, 0.717) is 17.9 Å². The molecule has 5 heteroatoms. The second-order valence-corrected chi connectivity index (χ2v) is 7.04. The van der Waals surface area contributed by atoms with E-state index in [1.54, 1.807) is 17.0 Å². The lowest BCUT2D eigenvalue weighted by atomic mass is 9.95. The molecule has 0 unspecified atom stereocenters. The molecule has 1 aromatic heterocycles. The van der Waals surface area contributed by atoms with Gasteiger partial charge >= 0.3 is 0 Å². The molecule has 2 atom stereocenters. The maximum Gasteiger partial charge on any atom is 0.263 e. The van der Waals surface area contributed by atoms with Crippen LogP contribution in [-0.4, -0.2) is 17.4 Å². The zero-order valence-electron chi connectivity index (χ0n) is 14.8. The number of hydrogen-bond donors (Lipinski definition) is 0. The Bertz CT molecular complexity index is 1050. The SMILES string of the molecule is C[C@@]12OC[C@@H](c3ccccc3)N1C(=O)c1ccc[n+]([O-])c1-c1ccccc12. The minimum Gasteiger partial charge on any atom is -0.618 e. The molecule has 0 bridgehead atoms. The topological polar surface area (TPSA) is 56.5 Å². The highest BCUT2D eigenvalue weighted by Gasteiger charge is 2.53. The van der Waals surface area contributed by atoms with E-state index in [4.69, 9.17) is 4.74 Å². The third-order valence-electron chi connectivity index (χ3n) is 5.57. The second-order valence-electron chi connectivity index (χ2n) is 7.04. The molecule has 5 rings (SSSR count). The number of nitrogens with zero attached hydrogens (tertiary/aromatic N) is 2. The predicted octanol–water partition coefficient (Wildman–Crippen LogP) is 3.39. The molecule has 2 aromatic carbocycles. The first-order chi connectivity index (χ1) is 13.1. The van der Waals surface area contributed by atoms with Crippen LogP contribution in [0.2, 0.25) is 0 Å². The van der Waals surface area contributed by atoms with Gasteiger partial charge in [-0.15, -0.1) is 0 Å². The molecule has 5 nitrogen and oxygen atoms in total. The fourth-order valence-corrected chi connectivity index (χ4v) is 4.30. The second kappa shape index (κ2) is 5.66. The standard InChI is InChI=1S/C22H18N2O3/c1-22-18-12-6-5-10-16(18)20-17(11-7-13-23(20)26)21(25)24(22)19(14-27-22)15-8-3-2-4-9-15/h2-13,19H,14H2,1H3/t19-,22-/m0/s1. The highest BCUT2D eigenvalue weighted by Crippen LogP contribution is 2.49. The van der Waals surface area contributed by atoms with Crippen molar-refractivity contribution in [1.82, 2.24) is 4.90 Å². The summed E-state index contributed by atoms with van der Waals surface area (Å²) in [6.07, 6.45) is 1.43. The smallest absolute Gasteiger partial charge is 0.263 e. The number of aromatic nitrogens is 1. The highest BCUT2D eigenvalue weighted by molar-refractivity contribution is 6.01. The number of rotatable bonds is 1. The number of amides is 1. The van der Waals surface area contributed by atoms with Crippen LogP contribution in [0.3, 0.4) is 0 Å². The van der Waals surface area contributed by atoms with Gasteiger partial charge in [0.05, 0.1) is 18.2 Å². The van der Waals surface area contributed by atoms with Gasteiger partial charge in [0.15, 0.2) is 11.9 Å². The zero-order chi connectivity index (χ0) is 18.6. The summed E-state index contributed by atoms with van der Waals surface area (Å²) in [6.45, 7) is 2.31. The minimum atomic E-state index is -0.944. The molecule has 0 aliphatic carbocycles. The van der Waals surface area contributed by atoms with Crippen molar-refractivity contribution in [1.29, 1.82) is 0 Å². The maximum absolute atomic E-state index is 13.6. The van der Waals surface area contributed by atoms with Crippen LogP contribution in [0, 0.1) is 5.21 Å². The van der Waals surface area contributed by atoms with E-state index in [0.717, 1.165) is 21.4 Å². The Labute approximate surface area is 157 Å². The Kier molecular flexibility index (Phi) is 3.36. The van der Waals surface area contributed by atoms with E-state index in [1.165, 1.54) is 6.20 Å². The molecule has 27 heavy (non-hydrogen) atoms. The van der Waals surface area contributed by atoms with Crippen LogP contribution >= 0.6 is 0 Å². The summed E-state index contributed by atoms with van der Waals surface area (Å²) in [5.74, 6) is -0.194. The monoisotopic (exact) mass is 358 g/mol. The summed E-state index contributed by atoms with van der Waals surface area (Å²) in [7, 11) is 0. The Morgan fingerprint density at radius 1 is 1.04 bits per heavy atom. The average Bonchev–Trinajstić information content (AvgIpc) is 3.03. The average molecular weight is 358 g/mol. The Morgan fingerprint density at radius 2 is 1.74 bits per heavy atom. The largest absolute Gasteiger partial charge is 0.618 e. The van der Waals surface area contributed by atoms with Gasteiger partial charge < -0.3 is 9.94 Å². The minimum absolute atomic E-state index is 0.194. The van der Waals surface area contributed by atoms with Gasteiger partial charge in [-0.3, -0.25) is 9.69 Å². The molecule has 1 amide bonds. The molecule has 2 aliphatic rings. The summed E-state index contributed by atoms with van der Waals surface area (Å²) < 4.78 is 7.03. The van der Waals surface area contributed by atoms with E-state index in [9.17, 15) is 10.0 Å². The van der Waals surface area contributed by atoms with Crippen LogP contribution in [-0.2, 0) is 10.5 Å². The van der Waals surface area contributed by atoms with Crippen molar-refractivity contribution in [3.8, 4) is 11.3 Å². The van der Waals surface area contributed by atoms with E-state index in [-0.39, 0.29) is 11.9 Å². The lowest BCUT2D eigenvalue weighted by Gasteiger charge is -2.36. The Balaban J connectivity index is 1.80. The molecule has 0 radical (unpaired) electrons. The van der Waals surface area contributed by atoms with E-state index < -0.39 is 5.72 Å². The van der Waals surface area contributed by atoms with E-state index in [2.05, 4.69) is 0 Å². The van der Waals surface area contributed by atoms with Crippen molar-refractivity contribution in [3.05, 3.63) is 94.8 Å². The normalized spacial score (nSPS) is 23.4. The summed E-state index contributed by atoms with van der Waals surface area (Å²) in [5.41, 5.74) is 2.40. The fraction of sp³-hybridized carbons (Fsp3) is 0.182. The first kappa shape index (κ1) is 16.0. The number of pyridine rings is 1. The molecule has 3 heterocycles. The number of hydrogen-bond acceptors (Lipinski definition) is 3. The van der Waals surface area contributed by atoms with E-state index in [1.807, 2.05) is 61.5 Å². The van der Waals surface area contributed by atoms with Crippen LogP contribution in [0.25, 0.3) is 11.3 Å². The Hall–Kier alpha value is -3.18. The molecule has 0 saturated carbocycles. The third kappa shape index (κ3) is 2.15. The predicted molar refractivity (Wildman–Crippen MR) is 99.5 cm³/mol. The van der Waals surface area contributed by atoms with Crippen LogP contribution < -0.4 is 4.73 Å². The Morgan fingerprint density at radius 3 is 2.56 bits per heavy atom. The number of carbonyl (C=O) groups excluding carboxylic acids is 1. The summed E-state index contributed by atoms with van der Waals surface area (Å²) in [6, 6.07) is 20.6. The van der Waals surface area contributed by atoms with Gasteiger partial charge in [-0.05, 0) is 24.6 Å². The molecule has 0 N–H and O–H groups in total. The van der Waals surface area contributed by atoms with Gasteiger partial charge in [-0.1, -0.05) is 48.5 Å². The summed E-state index contributed by atoms with van der Waals surface area (Å²) >= 11 is 0. The maximum atomic E-state index is 13.6. The van der Waals surface area contributed by atoms with Crippen LogP contribution in [0.4, 0.5) is 0 Å². The fourth-order valence-electron chi connectivity index (χ4n) is 4.30. The van der Waals surface area contributed by atoms with Gasteiger partial charge in [0.1, 0.15) is 5.56 Å². The molecule has 1 fully saturated rings. The quantitative estimate of drug-likeness (QED) is 0.495. The van der Waals surface area contributed by atoms with Gasteiger partial charge in [-0.25, -0.2) is 0 Å². The molecule has 134 valence electrons. The number of ether oxygens (including phenoxy) is 1. The first-order valence-corrected chi connectivity index (χ1v) is 8.96.